The molecule has 3 aliphatic heterocycles. The summed E-state index contributed by atoms with van der Waals surface area (Å²) in [5.74, 6) is 1.13. The number of nitrogens with one attached hydrogen (secondary N) is 1. The largest absolute Gasteiger partial charge is 0.335 e. The van der Waals surface area contributed by atoms with Gasteiger partial charge in [-0.25, -0.2) is 0 Å². The normalized spacial score (nSPS) is 32.0. The lowest BCUT2D eigenvalue weighted by Gasteiger charge is -2.53. The first-order valence-electron chi connectivity index (χ1n) is 11.0. The molecule has 154 valence electrons. The summed E-state index contributed by atoms with van der Waals surface area (Å²) in [4.78, 5) is 30.8. The second kappa shape index (κ2) is 6.85. The Balaban J connectivity index is 1.32. The van der Waals surface area contributed by atoms with Crippen LogP contribution in [-0.4, -0.2) is 57.0 Å². The smallest absolute Gasteiger partial charge is 0.254 e. The molecule has 0 radical (unpaired) electrons. The molecule has 1 N–H and O–H groups in total. The van der Waals surface area contributed by atoms with E-state index in [-0.39, 0.29) is 23.4 Å². The van der Waals surface area contributed by atoms with Crippen LogP contribution >= 0.6 is 0 Å². The minimum Gasteiger partial charge on any atom is -0.335 e. The van der Waals surface area contributed by atoms with E-state index in [2.05, 4.69) is 28.9 Å². The molecule has 4 heterocycles. The van der Waals surface area contributed by atoms with Gasteiger partial charge in [0.15, 0.2) is 0 Å². The number of nitrogens with zero attached hydrogens (tertiary/aromatic N) is 3. The van der Waals surface area contributed by atoms with Crippen LogP contribution in [0, 0.1) is 11.3 Å². The summed E-state index contributed by atoms with van der Waals surface area (Å²) in [5, 5.41) is 7.93. The van der Waals surface area contributed by atoms with Crippen LogP contribution in [0.15, 0.2) is 24.4 Å². The van der Waals surface area contributed by atoms with Gasteiger partial charge in [-0.15, -0.1) is 0 Å². The van der Waals surface area contributed by atoms with Crippen molar-refractivity contribution in [1.29, 1.82) is 0 Å². The number of carbonyl (C=O) groups excluding carboxylic acids is 2. The van der Waals surface area contributed by atoms with Crippen molar-refractivity contribution < 1.29 is 9.59 Å². The van der Waals surface area contributed by atoms with E-state index in [1.54, 1.807) is 6.20 Å². The molecule has 1 aromatic carbocycles. The summed E-state index contributed by atoms with van der Waals surface area (Å²) in [5.41, 5.74) is 1.43. The first-order chi connectivity index (χ1) is 13.9. The van der Waals surface area contributed by atoms with Crippen LogP contribution < -0.4 is 0 Å². The third-order valence-corrected chi connectivity index (χ3v) is 7.63. The molecule has 29 heavy (non-hydrogen) atoms. The van der Waals surface area contributed by atoms with Crippen molar-refractivity contribution in [1.82, 2.24) is 20.0 Å². The van der Waals surface area contributed by atoms with Gasteiger partial charge in [-0.3, -0.25) is 14.7 Å². The molecular weight excluding hydrogens is 364 g/mol. The Morgan fingerprint density at radius 1 is 1.07 bits per heavy atom. The van der Waals surface area contributed by atoms with Crippen LogP contribution in [0.2, 0.25) is 0 Å². The minimum absolute atomic E-state index is 0.0765. The Hall–Kier alpha value is -2.37. The molecule has 4 fully saturated rings. The highest BCUT2D eigenvalue weighted by molar-refractivity contribution is 5.98. The summed E-state index contributed by atoms with van der Waals surface area (Å²) in [7, 11) is 0. The van der Waals surface area contributed by atoms with Crippen LogP contribution in [0.4, 0.5) is 0 Å². The van der Waals surface area contributed by atoms with Crippen LogP contribution in [0.3, 0.4) is 0 Å². The van der Waals surface area contributed by atoms with E-state index in [1.807, 2.05) is 23.1 Å². The SMILES string of the molecule is CC1CCC(C)(C(=O)N2CC3CCC2CN3C(=O)c2ccc3[nH]ncc3c2)CC1. The van der Waals surface area contributed by atoms with Crippen molar-refractivity contribution in [3.8, 4) is 0 Å². The molecule has 6 nitrogen and oxygen atoms in total. The number of piperazine rings is 1. The molecule has 1 aliphatic carbocycles. The predicted molar refractivity (Wildman–Crippen MR) is 111 cm³/mol. The maximum Gasteiger partial charge on any atom is 0.254 e. The van der Waals surface area contributed by atoms with Gasteiger partial charge < -0.3 is 9.80 Å². The first-order valence-corrected chi connectivity index (χ1v) is 11.0. The molecule has 3 saturated heterocycles. The average Bonchev–Trinajstić information content (AvgIpc) is 3.23. The van der Waals surface area contributed by atoms with Gasteiger partial charge in [0.05, 0.1) is 11.7 Å². The van der Waals surface area contributed by atoms with Crippen LogP contribution in [0.1, 0.15) is 62.7 Å². The Bertz CT molecular complexity index is 943. The van der Waals surface area contributed by atoms with Crippen molar-refractivity contribution in [2.24, 2.45) is 11.3 Å². The molecular formula is C23H30N4O2. The molecule has 6 rings (SSSR count). The maximum atomic E-state index is 13.4. The van der Waals surface area contributed by atoms with E-state index in [1.165, 1.54) is 0 Å². The molecule has 1 saturated carbocycles. The number of fused-ring (bicyclic) bond motifs is 4. The number of carbonyl (C=O) groups is 2. The summed E-state index contributed by atoms with van der Waals surface area (Å²) in [6.45, 7) is 5.79. The van der Waals surface area contributed by atoms with E-state index in [9.17, 15) is 9.59 Å². The van der Waals surface area contributed by atoms with Gasteiger partial charge in [-0.05, 0) is 62.6 Å². The number of aromatic nitrogens is 2. The molecule has 4 aliphatic rings. The fourth-order valence-corrected chi connectivity index (χ4v) is 5.53. The zero-order chi connectivity index (χ0) is 20.2. The third kappa shape index (κ3) is 3.13. The summed E-state index contributed by atoms with van der Waals surface area (Å²) >= 11 is 0. The second-order valence-electron chi connectivity index (χ2n) is 9.72. The Kier molecular flexibility index (Phi) is 4.41. The lowest BCUT2D eigenvalue weighted by Crippen LogP contribution is -2.66. The molecule has 1 aromatic heterocycles. The molecule has 6 heteroatoms. The van der Waals surface area contributed by atoms with E-state index in [0.29, 0.717) is 24.6 Å². The number of hydrogen-bond donors (Lipinski definition) is 1. The highest BCUT2D eigenvalue weighted by Gasteiger charge is 2.47. The van der Waals surface area contributed by atoms with Crippen molar-refractivity contribution in [3.05, 3.63) is 30.0 Å². The lowest BCUT2D eigenvalue weighted by atomic mass is 9.70. The fraction of sp³-hybridized carbons (Fsp3) is 0.609. The number of rotatable bonds is 2. The Labute approximate surface area is 171 Å². The number of H-pyrrole nitrogens is 1. The Morgan fingerprint density at radius 3 is 2.45 bits per heavy atom. The molecule has 2 amide bonds. The van der Waals surface area contributed by atoms with E-state index in [0.717, 1.165) is 55.3 Å². The highest BCUT2D eigenvalue weighted by Crippen LogP contribution is 2.42. The van der Waals surface area contributed by atoms with Gasteiger partial charge in [0.25, 0.3) is 5.91 Å². The molecule has 2 bridgehead atoms. The zero-order valence-electron chi connectivity index (χ0n) is 17.4. The molecule has 2 atom stereocenters. The predicted octanol–water partition coefficient (Wildman–Crippen LogP) is 3.59. The minimum atomic E-state index is -0.217. The number of benzene rings is 1. The van der Waals surface area contributed by atoms with E-state index < -0.39 is 0 Å². The quantitative estimate of drug-likeness (QED) is 0.846. The first kappa shape index (κ1) is 18.6. The monoisotopic (exact) mass is 394 g/mol. The lowest BCUT2D eigenvalue weighted by molar-refractivity contribution is -0.153. The van der Waals surface area contributed by atoms with Crippen LogP contribution in [0.25, 0.3) is 10.9 Å². The van der Waals surface area contributed by atoms with E-state index in [4.69, 9.17) is 0 Å². The summed E-state index contributed by atoms with van der Waals surface area (Å²) in [6, 6.07) is 5.99. The van der Waals surface area contributed by atoms with Crippen LogP contribution in [-0.2, 0) is 4.79 Å². The van der Waals surface area contributed by atoms with Gasteiger partial charge in [0.2, 0.25) is 5.91 Å². The van der Waals surface area contributed by atoms with Crippen molar-refractivity contribution >= 4 is 22.7 Å². The highest BCUT2D eigenvalue weighted by atomic mass is 16.2. The van der Waals surface area contributed by atoms with E-state index >= 15 is 0 Å². The van der Waals surface area contributed by atoms with Crippen molar-refractivity contribution in [2.75, 3.05) is 13.1 Å². The third-order valence-electron chi connectivity index (χ3n) is 7.63. The number of piperidine rings is 2. The zero-order valence-corrected chi connectivity index (χ0v) is 17.4. The summed E-state index contributed by atoms with van der Waals surface area (Å²) in [6.07, 6.45) is 8.02. The standard InChI is InChI=1S/C23H30N4O2/c1-15-7-9-23(2,10-8-15)22(29)27-14-18-4-5-19(27)13-26(18)21(28)16-3-6-20-17(11-16)12-24-25-20/h3,6,11-12,15,18-19H,4-5,7-10,13-14H2,1-2H3,(H,24,25). The van der Waals surface area contributed by atoms with Gasteiger partial charge in [-0.2, -0.15) is 5.10 Å². The van der Waals surface area contributed by atoms with Crippen LogP contribution in [0.5, 0.6) is 0 Å². The van der Waals surface area contributed by atoms with Crippen molar-refractivity contribution in [2.45, 2.75) is 64.5 Å². The number of amides is 2. The van der Waals surface area contributed by atoms with Gasteiger partial charge >= 0.3 is 0 Å². The second-order valence-corrected chi connectivity index (χ2v) is 9.72. The molecule has 2 unspecified atom stereocenters. The van der Waals surface area contributed by atoms with Gasteiger partial charge in [-0.1, -0.05) is 13.8 Å². The topological polar surface area (TPSA) is 69.3 Å². The Morgan fingerprint density at radius 2 is 1.76 bits per heavy atom. The molecule has 0 spiro atoms. The number of aromatic amines is 1. The fourth-order valence-electron chi connectivity index (χ4n) is 5.53. The summed E-state index contributed by atoms with van der Waals surface area (Å²) < 4.78 is 0. The van der Waals surface area contributed by atoms with Gasteiger partial charge in [0.1, 0.15) is 0 Å². The van der Waals surface area contributed by atoms with Gasteiger partial charge in [0, 0.05) is 41.5 Å². The molecule has 2 aromatic rings. The average molecular weight is 395 g/mol. The number of hydrogen-bond acceptors (Lipinski definition) is 3. The maximum absolute atomic E-state index is 13.4. The van der Waals surface area contributed by atoms with Crippen molar-refractivity contribution in [3.63, 3.8) is 0 Å².